The molecule has 31 heavy (non-hydrogen) atoms. The first-order valence-corrected chi connectivity index (χ1v) is 9.78. The zero-order chi connectivity index (χ0) is 21.8. The second-order valence-corrected chi connectivity index (χ2v) is 7.10. The number of para-hydroxylation sites is 1. The maximum absolute atomic E-state index is 13.2. The molecule has 0 atom stereocenters. The van der Waals surface area contributed by atoms with Gasteiger partial charge in [-0.05, 0) is 30.3 Å². The Balaban J connectivity index is 1.63. The molecule has 3 aromatic carbocycles. The van der Waals surface area contributed by atoms with Gasteiger partial charge in [-0.3, -0.25) is 0 Å². The molecule has 1 heterocycles. The first-order valence-electron chi connectivity index (χ1n) is 9.40. The molecule has 156 valence electrons. The standard InChI is InChI=1S/C24H18ClFN2O3/c1-30-23-5-3-2-4-18(23)20-12-27-14-28-24(20)19-9-8-17(11-22(19)29)31-13-15-6-7-16(26)10-21(15)25/h2-12,14,29H,13H2,1H3. The number of rotatable bonds is 6. The second-order valence-electron chi connectivity index (χ2n) is 6.69. The summed E-state index contributed by atoms with van der Waals surface area (Å²) >= 11 is 6.04. The van der Waals surface area contributed by atoms with Gasteiger partial charge in [-0.15, -0.1) is 0 Å². The topological polar surface area (TPSA) is 64.5 Å². The third-order valence-corrected chi connectivity index (χ3v) is 5.10. The van der Waals surface area contributed by atoms with E-state index in [0.29, 0.717) is 28.3 Å². The van der Waals surface area contributed by atoms with E-state index in [2.05, 4.69) is 9.97 Å². The number of hydrogen-bond acceptors (Lipinski definition) is 5. The van der Waals surface area contributed by atoms with E-state index in [4.69, 9.17) is 21.1 Å². The Morgan fingerprint density at radius 1 is 1.00 bits per heavy atom. The van der Waals surface area contributed by atoms with Gasteiger partial charge in [0.2, 0.25) is 0 Å². The molecule has 5 nitrogen and oxygen atoms in total. The van der Waals surface area contributed by atoms with Crippen molar-refractivity contribution in [1.82, 2.24) is 9.97 Å². The lowest BCUT2D eigenvalue weighted by atomic mass is 9.99. The van der Waals surface area contributed by atoms with Crippen molar-refractivity contribution in [3.63, 3.8) is 0 Å². The summed E-state index contributed by atoms with van der Waals surface area (Å²) in [5.41, 5.74) is 3.26. The van der Waals surface area contributed by atoms with Crippen LogP contribution in [0.4, 0.5) is 4.39 Å². The second kappa shape index (κ2) is 9.02. The summed E-state index contributed by atoms with van der Waals surface area (Å²) < 4.78 is 24.4. The van der Waals surface area contributed by atoms with E-state index in [0.717, 1.165) is 11.1 Å². The van der Waals surface area contributed by atoms with Gasteiger partial charge in [-0.2, -0.15) is 0 Å². The molecule has 0 saturated carbocycles. The highest BCUT2D eigenvalue weighted by Gasteiger charge is 2.16. The van der Waals surface area contributed by atoms with Crippen LogP contribution in [0.2, 0.25) is 5.02 Å². The largest absolute Gasteiger partial charge is 0.507 e. The van der Waals surface area contributed by atoms with Gasteiger partial charge in [0.1, 0.15) is 36.0 Å². The van der Waals surface area contributed by atoms with Gasteiger partial charge in [0.05, 0.1) is 17.8 Å². The van der Waals surface area contributed by atoms with Crippen molar-refractivity contribution in [2.75, 3.05) is 7.11 Å². The Morgan fingerprint density at radius 2 is 1.84 bits per heavy atom. The summed E-state index contributed by atoms with van der Waals surface area (Å²) in [5.74, 6) is 0.702. The summed E-state index contributed by atoms with van der Waals surface area (Å²) in [6.07, 6.45) is 3.11. The van der Waals surface area contributed by atoms with Crippen molar-refractivity contribution in [2.24, 2.45) is 0 Å². The Hall–Kier alpha value is -3.64. The van der Waals surface area contributed by atoms with Crippen molar-refractivity contribution in [3.8, 4) is 39.6 Å². The fourth-order valence-electron chi connectivity index (χ4n) is 3.21. The summed E-state index contributed by atoms with van der Waals surface area (Å²) in [6.45, 7) is 0.137. The van der Waals surface area contributed by atoms with Crippen LogP contribution in [-0.2, 0) is 6.61 Å². The minimum absolute atomic E-state index is 0.00227. The molecular formula is C24H18ClFN2O3. The van der Waals surface area contributed by atoms with Crippen molar-refractivity contribution in [1.29, 1.82) is 0 Å². The van der Waals surface area contributed by atoms with Crippen molar-refractivity contribution in [3.05, 3.63) is 89.6 Å². The summed E-state index contributed by atoms with van der Waals surface area (Å²) in [6, 6.07) is 16.6. The third-order valence-electron chi connectivity index (χ3n) is 4.74. The summed E-state index contributed by atoms with van der Waals surface area (Å²) in [7, 11) is 1.60. The van der Waals surface area contributed by atoms with Crippen LogP contribution in [-0.4, -0.2) is 22.2 Å². The molecule has 1 aromatic heterocycles. The minimum atomic E-state index is -0.411. The lowest BCUT2D eigenvalue weighted by Crippen LogP contribution is -1.97. The highest BCUT2D eigenvalue weighted by Crippen LogP contribution is 2.39. The lowest BCUT2D eigenvalue weighted by Gasteiger charge is -2.14. The van der Waals surface area contributed by atoms with Gasteiger partial charge in [0.15, 0.2) is 0 Å². The molecule has 0 aliphatic carbocycles. The van der Waals surface area contributed by atoms with E-state index < -0.39 is 5.82 Å². The normalized spacial score (nSPS) is 10.7. The number of aromatic nitrogens is 2. The van der Waals surface area contributed by atoms with E-state index >= 15 is 0 Å². The molecule has 0 radical (unpaired) electrons. The Labute approximate surface area is 183 Å². The predicted molar refractivity (Wildman–Crippen MR) is 117 cm³/mol. The molecule has 0 unspecified atom stereocenters. The Morgan fingerprint density at radius 3 is 2.61 bits per heavy atom. The van der Waals surface area contributed by atoms with Gasteiger partial charge in [0, 0.05) is 34.5 Å². The number of phenolic OH excluding ortho intramolecular Hbond substituents is 1. The van der Waals surface area contributed by atoms with Gasteiger partial charge in [-0.1, -0.05) is 35.9 Å². The Kier molecular flexibility index (Phi) is 6.00. The lowest BCUT2D eigenvalue weighted by molar-refractivity contribution is 0.304. The first kappa shape index (κ1) is 20.6. The molecule has 0 spiro atoms. The van der Waals surface area contributed by atoms with Crippen LogP contribution in [0.15, 0.2) is 73.2 Å². The van der Waals surface area contributed by atoms with Crippen molar-refractivity contribution < 1.29 is 19.0 Å². The van der Waals surface area contributed by atoms with Crippen LogP contribution in [0.3, 0.4) is 0 Å². The van der Waals surface area contributed by atoms with Crippen molar-refractivity contribution >= 4 is 11.6 Å². The molecular weight excluding hydrogens is 419 g/mol. The van der Waals surface area contributed by atoms with E-state index in [1.54, 1.807) is 31.5 Å². The van der Waals surface area contributed by atoms with Crippen molar-refractivity contribution in [2.45, 2.75) is 6.61 Å². The fourth-order valence-corrected chi connectivity index (χ4v) is 3.43. The average molecular weight is 437 g/mol. The van der Waals surface area contributed by atoms with Gasteiger partial charge < -0.3 is 14.6 Å². The first-order chi connectivity index (χ1) is 15.1. The number of halogens is 2. The van der Waals surface area contributed by atoms with Crippen LogP contribution in [0.25, 0.3) is 22.4 Å². The molecule has 0 saturated heterocycles. The van der Waals surface area contributed by atoms with Gasteiger partial charge >= 0.3 is 0 Å². The highest BCUT2D eigenvalue weighted by atomic mass is 35.5. The van der Waals surface area contributed by atoms with Crippen LogP contribution in [0, 0.1) is 5.82 Å². The quantitative estimate of drug-likeness (QED) is 0.408. The van der Waals surface area contributed by atoms with Crippen LogP contribution >= 0.6 is 11.6 Å². The molecule has 4 aromatic rings. The van der Waals surface area contributed by atoms with E-state index in [1.807, 2.05) is 24.3 Å². The van der Waals surface area contributed by atoms with E-state index in [9.17, 15) is 9.50 Å². The SMILES string of the molecule is COc1ccccc1-c1cncnc1-c1ccc(OCc2ccc(F)cc2Cl)cc1O. The smallest absolute Gasteiger partial charge is 0.128 e. The monoisotopic (exact) mass is 436 g/mol. The Bertz CT molecular complexity index is 1230. The maximum Gasteiger partial charge on any atom is 0.128 e. The molecule has 0 amide bonds. The zero-order valence-electron chi connectivity index (χ0n) is 16.5. The number of ether oxygens (including phenoxy) is 2. The average Bonchev–Trinajstić information content (AvgIpc) is 2.78. The molecule has 4 rings (SSSR count). The van der Waals surface area contributed by atoms with Crippen LogP contribution in [0.1, 0.15) is 5.56 Å². The molecule has 0 fully saturated rings. The minimum Gasteiger partial charge on any atom is -0.507 e. The zero-order valence-corrected chi connectivity index (χ0v) is 17.3. The number of aromatic hydroxyl groups is 1. The fraction of sp³-hybridized carbons (Fsp3) is 0.0833. The summed E-state index contributed by atoms with van der Waals surface area (Å²) in [5, 5.41) is 11.0. The molecule has 1 N–H and O–H groups in total. The van der Waals surface area contributed by atoms with Crippen LogP contribution < -0.4 is 9.47 Å². The van der Waals surface area contributed by atoms with E-state index in [-0.39, 0.29) is 17.4 Å². The summed E-state index contributed by atoms with van der Waals surface area (Å²) in [4.78, 5) is 8.52. The third kappa shape index (κ3) is 4.44. The maximum atomic E-state index is 13.2. The number of benzene rings is 3. The van der Waals surface area contributed by atoms with Gasteiger partial charge in [0.25, 0.3) is 0 Å². The number of methoxy groups -OCH3 is 1. The number of nitrogens with zero attached hydrogens (tertiary/aromatic N) is 2. The predicted octanol–water partition coefficient (Wildman–Crippen LogP) is 5.90. The highest BCUT2D eigenvalue weighted by molar-refractivity contribution is 6.31. The molecule has 7 heteroatoms. The molecule has 0 aliphatic rings. The molecule has 0 aliphatic heterocycles. The van der Waals surface area contributed by atoms with Crippen LogP contribution in [0.5, 0.6) is 17.2 Å². The number of hydrogen-bond donors (Lipinski definition) is 1. The molecule has 0 bridgehead atoms. The van der Waals surface area contributed by atoms with E-state index in [1.165, 1.54) is 24.5 Å². The van der Waals surface area contributed by atoms with Gasteiger partial charge in [-0.25, -0.2) is 14.4 Å². The number of phenols is 1.